The zero-order chi connectivity index (χ0) is 21.8. The summed E-state index contributed by atoms with van der Waals surface area (Å²) in [5.74, 6) is -0.162. The van der Waals surface area contributed by atoms with Crippen molar-refractivity contribution >= 4 is 11.7 Å². The first-order valence-electron chi connectivity index (χ1n) is 11.1. The van der Waals surface area contributed by atoms with Crippen LogP contribution in [-0.4, -0.2) is 40.7 Å². The number of rotatable bonds is 12. The first-order chi connectivity index (χ1) is 14.5. The maximum absolute atomic E-state index is 12.3. The van der Waals surface area contributed by atoms with Gasteiger partial charge in [-0.15, -0.1) is 0 Å². The lowest BCUT2D eigenvalue weighted by atomic mass is 9.94. The number of hydrogen-bond acceptors (Lipinski definition) is 4. The van der Waals surface area contributed by atoms with E-state index in [0.29, 0.717) is 37.8 Å². The van der Waals surface area contributed by atoms with E-state index in [4.69, 9.17) is 0 Å². The van der Waals surface area contributed by atoms with Gasteiger partial charge in [0.25, 0.3) is 0 Å². The minimum Gasteiger partial charge on any atom is -0.393 e. The molecule has 0 saturated heterocycles. The van der Waals surface area contributed by atoms with Crippen molar-refractivity contribution in [3.63, 3.8) is 0 Å². The van der Waals surface area contributed by atoms with Crippen LogP contribution in [0.3, 0.4) is 0 Å². The van der Waals surface area contributed by atoms with Crippen LogP contribution in [0.4, 0.5) is 0 Å². The number of hydrogen-bond donors (Lipinski definition) is 3. The number of Topliss-reactive ketones (excluding diaryl/α,β-unsaturated/α-hetero) is 1. The number of allylic oxidation sites excluding steroid dienone is 2. The van der Waals surface area contributed by atoms with E-state index in [-0.39, 0.29) is 24.0 Å². The van der Waals surface area contributed by atoms with Gasteiger partial charge >= 0.3 is 0 Å². The van der Waals surface area contributed by atoms with Crippen LogP contribution in [0, 0.1) is 5.92 Å². The third-order valence-corrected chi connectivity index (χ3v) is 5.50. The molecule has 0 bridgehead atoms. The number of aliphatic hydroxyl groups is 2. The molecule has 30 heavy (non-hydrogen) atoms. The average molecular weight is 414 g/mol. The number of carbonyl (C=O) groups excluding carboxylic acids is 2. The Morgan fingerprint density at radius 1 is 1.27 bits per heavy atom. The van der Waals surface area contributed by atoms with Crippen molar-refractivity contribution in [1.29, 1.82) is 0 Å². The van der Waals surface area contributed by atoms with E-state index in [1.54, 1.807) is 0 Å². The van der Waals surface area contributed by atoms with Gasteiger partial charge in [-0.05, 0) is 56.6 Å². The largest absolute Gasteiger partial charge is 0.393 e. The highest BCUT2D eigenvalue weighted by molar-refractivity contribution is 5.98. The summed E-state index contributed by atoms with van der Waals surface area (Å²) < 4.78 is 0. The number of aliphatic hydroxyl groups excluding tert-OH is 2. The van der Waals surface area contributed by atoms with E-state index in [2.05, 4.69) is 5.32 Å². The maximum Gasteiger partial charge on any atom is 0.219 e. The second-order valence-electron chi connectivity index (χ2n) is 7.93. The SMILES string of the molecule is CCNC(=O)CCCC=CC[C@@H]1C(=CC[C@@H](O)CCc2ccccc2)C(=O)C[C@@H]1O. The van der Waals surface area contributed by atoms with Crippen molar-refractivity contribution in [2.24, 2.45) is 5.92 Å². The Morgan fingerprint density at radius 3 is 2.77 bits per heavy atom. The fourth-order valence-corrected chi connectivity index (χ4v) is 3.80. The molecule has 0 unspecified atom stereocenters. The van der Waals surface area contributed by atoms with Gasteiger partial charge in [0.1, 0.15) is 0 Å². The number of carbonyl (C=O) groups is 2. The predicted octanol–water partition coefficient (Wildman–Crippen LogP) is 3.50. The van der Waals surface area contributed by atoms with Crippen molar-refractivity contribution in [1.82, 2.24) is 5.32 Å². The number of ketones is 1. The summed E-state index contributed by atoms with van der Waals surface area (Å²) in [6, 6.07) is 10.0. The maximum atomic E-state index is 12.3. The number of unbranched alkanes of at least 4 members (excludes halogenated alkanes) is 1. The minimum atomic E-state index is -0.662. The molecular formula is C25H35NO4. The van der Waals surface area contributed by atoms with Crippen molar-refractivity contribution in [2.75, 3.05) is 6.54 Å². The van der Waals surface area contributed by atoms with Crippen LogP contribution in [0.15, 0.2) is 54.1 Å². The molecular weight excluding hydrogens is 378 g/mol. The van der Waals surface area contributed by atoms with Crippen LogP contribution < -0.4 is 5.32 Å². The topological polar surface area (TPSA) is 86.6 Å². The third-order valence-electron chi connectivity index (χ3n) is 5.50. The first-order valence-corrected chi connectivity index (χ1v) is 11.1. The van der Waals surface area contributed by atoms with E-state index < -0.39 is 12.2 Å². The summed E-state index contributed by atoms with van der Waals surface area (Å²) in [6.45, 7) is 2.55. The molecule has 0 spiro atoms. The Balaban J connectivity index is 1.79. The molecule has 5 nitrogen and oxygen atoms in total. The second-order valence-corrected chi connectivity index (χ2v) is 7.93. The number of amides is 1. The summed E-state index contributed by atoms with van der Waals surface area (Å²) in [6.07, 6.45) is 9.36. The van der Waals surface area contributed by atoms with Crippen LogP contribution in [0.5, 0.6) is 0 Å². The highest BCUT2D eigenvalue weighted by Crippen LogP contribution is 2.32. The molecule has 2 rings (SSSR count). The molecule has 0 heterocycles. The van der Waals surface area contributed by atoms with Crippen LogP contribution >= 0.6 is 0 Å². The standard InChI is InChI=1S/C25H35NO4/c1-2-26-25(30)13-9-4-3-8-12-21-22(24(29)18-23(21)28)17-16-20(27)15-14-19-10-6-5-7-11-19/h3,5-8,10-11,17,20-21,23,27-28H,2,4,9,12-16,18H2,1H3,(H,26,30)/t20-,21+,23-/m0/s1. The van der Waals surface area contributed by atoms with E-state index in [0.717, 1.165) is 19.3 Å². The van der Waals surface area contributed by atoms with Gasteiger partial charge in [-0.25, -0.2) is 0 Å². The van der Waals surface area contributed by atoms with E-state index in [1.807, 2.05) is 55.5 Å². The quantitative estimate of drug-likeness (QED) is 0.278. The number of benzene rings is 1. The summed E-state index contributed by atoms with van der Waals surface area (Å²) in [5.41, 5.74) is 1.83. The Labute approximate surface area is 179 Å². The van der Waals surface area contributed by atoms with Crippen molar-refractivity contribution in [2.45, 2.75) is 70.5 Å². The summed E-state index contributed by atoms with van der Waals surface area (Å²) in [7, 11) is 0. The van der Waals surface area contributed by atoms with E-state index >= 15 is 0 Å². The monoisotopic (exact) mass is 413 g/mol. The lowest BCUT2D eigenvalue weighted by Crippen LogP contribution is -2.21. The zero-order valence-electron chi connectivity index (χ0n) is 17.9. The molecule has 5 heteroatoms. The second kappa shape index (κ2) is 13.1. The van der Waals surface area contributed by atoms with Crippen LogP contribution in [0.25, 0.3) is 0 Å². The third kappa shape index (κ3) is 8.25. The van der Waals surface area contributed by atoms with Crippen LogP contribution in [-0.2, 0) is 16.0 Å². The van der Waals surface area contributed by atoms with Gasteiger partial charge in [-0.3, -0.25) is 9.59 Å². The molecule has 1 aromatic rings. The average Bonchev–Trinajstić information content (AvgIpc) is 3.00. The molecule has 0 aliphatic heterocycles. The van der Waals surface area contributed by atoms with Gasteiger partial charge in [0.15, 0.2) is 5.78 Å². The molecule has 1 amide bonds. The summed E-state index contributed by atoms with van der Waals surface area (Å²) >= 11 is 0. The van der Waals surface area contributed by atoms with Crippen LogP contribution in [0.1, 0.15) is 57.4 Å². The fourth-order valence-electron chi connectivity index (χ4n) is 3.80. The highest BCUT2D eigenvalue weighted by atomic mass is 16.3. The first kappa shape index (κ1) is 24.0. The molecule has 3 N–H and O–H groups in total. The Kier molecular flexibility index (Phi) is 10.5. The fraction of sp³-hybridized carbons (Fsp3) is 0.520. The number of aryl methyl sites for hydroxylation is 1. The normalized spacial score (nSPS) is 21.4. The van der Waals surface area contributed by atoms with E-state index in [9.17, 15) is 19.8 Å². The van der Waals surface area contributed by atoms with Crippen molar-refractivity contribution in [3.8, 4) is 0 Å². The molecule has 1 aliphatic rings. The van der Waals surface area contributed by atoms with Crippen molar-refractivity contribution < 1.29 is 19.8 Å². The predicted molar refractivity (Wildman–Crippen MR) is 119 cm³/mol. The molecule has 164 valence electrons. The molecule has 0 aromatic heterocycles. The molecule has 3 atom stereocenters. The van der Waals surface area contributed by atoms with Crippen molar-refractivity contribution in [3.05, 3.63) is 59.7 Å². The van der Waals surface area contributed by atoms with E-state index in [1.165, 1.54) is 5.56 Å². The Morgan fingerprint density at radius 2 is 2.03 bits per heavy atom. The van der Waals surface area contributed by atoms with Gasteiger partial charge in [-0.2, -0.15) is 0 Å². The Hall–Kier alpha value is -2.24. The summed E-state index contributed by atoms with van der Waals surface area (Å²) in [5, 5.41) is 23.3. The van der Waals surface area contributed by atoms with Gasteiger partial charge in [-0.1, -0.05) is 48.6 Å². The summed E-state index contributed by atoms with van der Waals surface area (Å²) in [4.78, 5) is 23.7. The molecule has 0 radical (unpaired) electrons. The van der Waals surface area contributed by atoms with Gasteiger partial charge in [0.05, 0.1) is 12.2 Å². The highest BCUT2D eigenvalue weighted by Gasteiger charge is 2.35. The lowest BCUT2D eigenvalue weighted by molar-refractivity contribution is -0.121. The van der Waals surface area contributed by atoms with Gasteiger partial charge < -0.3 is 15.5 Å². The van der Waals surface area contributed by atoms with Gasteiger partial charge in [0.2, 0.25) is 5.91 Å². The zero-order valence-corrected chi connectivity index (χ0v) is 17.9. The smallest absolute Gasteiger partial charge is 0.219 e. The van der Waals surface area contributed by atoms with Gasteiger partial charge in [0, 0.05) is 25.3 Å². The lowest BCUT2D eigenvalue weighted by Gasteiger charge is -2.14. The minimum absolute atomic E-state index is 0.0209. The van der Waals surface area contributed by atoms with Crippen LogP contribution in [0.2, 0.25) is 0 Å². The molecule has 1 aromatic carbocycles. The Bertz CT molecular complexity index is 726. The molecule has 1 saturated carbocycles. The molecule has 1 aliphatic carbocycles. The number of nitrogens with one attached hydrogen (secondary N) is 1. The molecule has 1 fully saturated rings.